The Morgan fingerprint density at radius 1 is 1.15 bits per heavy atom. The van der Waals surface area contributed by atoms with Crippen LogP contribution in [0.15, 0.2) is 30.6 Å². The Morgan fingerprint density at radius 3 is 2.46 bits per heavy atom. The van der Waals surface area contributed by atoms with E-state index in [1.165, 1.54) is 24.0 Å². The first-order chi connectivity index (χ1) is 12.5. The number of fused-ring (bicyclic) bond motifs is 1. The Bertz CT molecular complexity index is 796. The molecule has 0 spiro atoms. The van der Waals surface area contributed by atoms with Gasteiger partial charge in [0.15, 0.2) is 11.6 Å². The Hall–Kier alpha value is -2.32. The molecule has 138 valence electrons. The van der Waals surface area contributed by atoms with Crippen LogP contribution in [-0.2, 0) is 9.47 Å². The van der Waals surface area contributed by atoms with Gasteiger partial charge in [-0.25, -0.2) is 8.78 Å². The van der Waals surface area contributed by atoms with Crippen LogP contribution in [0.5, 0.6) is 0 Å². The van der Waals surface area contributed by atoms with E-state index in [1.54, 1.807) is 10.9 Å². The van der Waals surface area contributed by atoms with Gasteiger partial charge in [0.2, 0.25) is 0 Å². The number of rotatable bonds is 2. The molecule has 1 amide bonds. The molecule has 3 heterocycles. The molecular formula is C18H19F2N3O3. The van der Waals surface area contributed by atoms with E-state index >= 15 is 0 Å². The number of nitrogens with zero attached hydrogens (tertiary/aromatic N) is 3. The minimum atomic E-state index is -1.11. The van der Waals surface area contributed by atoms with E-state index in [9.17, 15) is 13.6 Å². The molecule has 1 aromatic heterocycles. The maximum atomic E-state index is 14.1. The summed E-state index contributed by atoms with van der Waals surface area (Å²) >= 11 is 0. The molecule has 0 saturated carbocycles. The van der Waals surface area contributed by atoms with Crippen LogP contribution in [0.4, 0.5) is 8.78 Å². The van der Waals surface area contributed by atoms with Crippen LogP contribution in [0.1, 0.15) is 22.0 Å². The van der Waals surface area contributed by atoms with E-state index in [4.69, 9.17) is 9.47 Å². The van der Waals surface area contributed by atoms with Gasteiger partial charge in [0.25, 0.3) is 5.91 Å². The number of benzene rings is 1. The molecule has 4 rings (SSSR count). The third-order valence-electron chi connectivity index (χ3n) is 4.91. The predicted octanol–water partition coefficient (Wildman–Crippen LogP) is 1.95. The van der Waals surface area contributed by atoms with Crippen LogP contribution in [0.2, 0.25) is 0 Å². The first kappa shape index (κ1) is 17.1. The SMILES string of the molecule is Cc1ccc(C(=O)N2C[C@@H]3OCC(n4cccn4)CO[C@H]3C2)c(F)c1F. The second-order valence-electron chi connectivity index (χ2n) is 6.65. The van der Waals surface area contributed by atoms with E-state index < -0.39 is 17.5 Å². The first-order valence-corrected chi connectivity index (χ1v) is 8.51. The van der Waals surface area contributed by atoms with Gasteiger partial charge < -0.3 is 14.4 Å². The lowest BCUT2D eigenvalue weighted by atomic mass is 10.1. The van der Waals surface area contributed by atoms with Crippen molar-refractivity contribution >= 4 is 5.91 Å². The van der Waals surface area contributed by atoms with Crippen LogP contribution < -0.4 is 0 Å². The van der Waals surface area contributed by atoms with Crippen molar-refractivity contribution in [2.75, 3.05) is 26.3 Å². The van der Waals surface area contributed by atoms with E-state index in [-0.39, 0.29) is 42.5 Å². The van der Waals surface area contributed by atoms with Gasteiger partial charge in [-0.3, -0.25) is 9.48 Å². The molecule has 0 bridgehead atoms. The molecule has 0 N–H and O–H groups in total. The maximum absolute atomic E-state index is 14.1. The number of aromatic nitrogens is 2. The van der Waals surface area contributed by atoms with Gasteiger partial charge in [0.05, 0.1) is 24.8 Å². The molecule has 8 heteroatoms. The number of ether oxygens (including phenoxy) is 2. The van der Waals surface area contributed by atoms with Crippen molar-refractivity contribution < 1.29 is 23.0 Å². The Morgan fingerprint density at radius 2 is 1.85 bits per heavy atom. The van der Waals surface area contributed by atoms with Gasteiger partial charge in [-0.2, -0.15) is 5.10 Å². The van der Waals surface area contributed by atoms with Crippen molar-refractivity contribution in [1.29, 1.82) is 0 Å². The number of halogens is 2. The van der Waals surface area contributed by atoms with Gasteiger partial charge in [-0.05, 0) is 24.6 Å². The van der Waals surface area contributed by atoms with Crippen LogP contribution in [-0.4, -0.2) is 59.1 Å². The lowest BCUT2D eigenvalue weighted by Gasteiger charge is -2.19. The molecule has 26 heavy (non-hydrogen) atoms. The third kappa shape index (κ3) is 2.99. The summed E-state index contributed by atoms with van der Waals surface area (Å²) in [6.45, 7) is 2.85. The lowest BCUT2D eigenvalue weighted by Crippen LogP contribution is -2.32. The van der Waals surface area contributed by atoms with E-state index in [0.29, 0.717) is 13.2 Å². The van der Waals surface area contributed by atoms with Crippen molar-refractivity contribution in [3.8, 4) is 0 Å². The summed E-state index contributed by atoms with van der Waals surface area (Å²) in [6.07, 6.45) is 2.96. The molecule has 2 aliphatic heterocycles. The smallest absolute Gasteiger partial charge is 0.257 e. The van der Waals surface area contributed by atoms with Crippen molar-refractivity contribution in [3.63, 3.8) is 0 Å². The largest absolute Gasteiger partial charge is 0.371 e. The molecule has 0 unspecified atom stereocenters. The number of aryl methyl sites for hydroxylation is 1. The number of carbonyl (C=O) groups excluding carboxylic acids is 1. The zero-order valence-corrected chi connectivity index (χ0v) is 14.3. The van der Waals surface area contributed by atoms with Crippen molar-refractivity contribution in [2.45, 2.75) is 25.2 Å². The van der Waals surface area contributed by atoms with Gasteiger partial charge in [0, 0.05) is 25.5 Å². The predicted molar refractivity (Wildman–Crippen MR) is 87.7 cm³/mol. The van der Waals surface area contributed by atoms with Crippen molar-refractivity contribution in [1.82, 2.24) is 14.7 Å². The normalized spacial score (nSPS) is 23.7. The van der Waals surface area contributed by atoms with Gasteiger partial charge in [0.1, 0.15) is 12.2 Å². The van der Waals surface area contributed by atoms with Crippen molar-refractivity contribution in [3.05, 3.63) is 53.4 Å². The van der Waals surface area contributed by atoms with Crippen LogP contribution in [0.25, 0.3) is 0 Å². The number of hydrogen-bond acceptors (Lipinski definition) is 4. The van der Waals surface area contributed by atoms with Crippen LogP contribution in [0.3, 0.4) is 0 Å². The molecule has 2 saturated heterocycles. The summed E-state index contributed by atoms with van der Waals surface area (Å²) in [4.78, 5) is 14.1. The van der Waals surface area contributed by atoms with E-state index in [2.05, 4.69) is 5.10 Å². The van der Waals surface area contributed by atoms with Crippen LogP contribution in [0, 0.1) is 18.6 Å². The standard InChI is InChI=1S/C18H19F2N3O3/c1-11-3-4-13(17(20)16(11)19)18(24)22-7-14-15(8-22)26-10-12(9-25-14)23-6-2-5-21-23/h2-6,12,14-15H,7-10H2,1H3/t14-,15-/m0/s1. The Labute approximate surface area is 149 Å². The molecule has 6 nitrogen and oxygen atoms in total. The minimum Gasteiger partial charge on any atom is -0.371 e. The maximum Gasteiger partial charge on any atom is 0.257 e. The summed E-state index contributed by atoms with van der Waals surface area (Å²) < 4.78 is 41.5. The molecule has 0 aliphatic carbocycles. The molecule has 1 aromatic carbocycles. The number of carbonyl (C=O) groups is 1. The fourth-order valence-corrected chi connectivity index (χ4v) is 3.38. The molecule has 2 fully saturated rings. The molecule has 2 aromatic rings. The monoisotopic (exact) mass is 363 g/mol. The fourth-order valence-electron chi connectivity index (χ4n) is 3.38. The quantitative estimate of drug-likeness (QED) is 0.818. The van der Waals surface area contributed by atoms with Gasteiger partial charge in [-0.1, -0.05) is 6.07 Å². The molecular weight excluding hydrogens is 344 g/mol. The average molecular weight is 363 g/mol. The fraction of sp³-hybridized carbons (Fsp3) is 0.444. The number of likely N-dealkylation sites (tertiary alicyclic amines) is 1. The van der Waals surface area contributed by atoms with Crippen LogP contribution >= 0.6 is 0 Å². The highest BCUT2D eigenvalue weighted by molar-refractivity contribution is 5.94. The Kier molecular flexibility index (Phi) is 4.46. The number of amides is 1. The average Bonchev–Trinajstić information content (AvgIpc) is 3.27. The van der Waals surface area contributed by atoms with Crippen molar-refractivity contribution in [2.24, 2.45) is 0 Å². The topological polar surface area (TPSA) is 56.6 Å². The summed E-state index contributed by atoms with van der Waals surface area (Å²) in [5.41, 5.74) is -0.0964. The molecule has 0 radical (unpaired) electrons. The highest BCUT2D eigenvalue weighted by Crippen LogP contribution is 2.26. The minimum absolute atomic E-state index is 0.0246. The third-order valence-corrected chi connectivity index (χ3v) is 4.91. The zero-order valence-electron chi connectivity index (χ0n) is 14.3. The summed E-state index contributed by atoms with van der Waals surface area (Å²) in [7, 11) is 0. The summed E-state index contributed by atoms with van der Waals surface area (Å²) in [5, 5.41) is 4.20. The lowest BCUT2D eigenvalue weighted by molar-refractivity contribution is -0.00461. The first-order valence-electron chi connectivity index (χ1n) is 8.51. The molecule has 2 atom stereocenters. The second kappa shape index (κ2) is 6.77. The second-order valence-corrected chi connectivity index (χ2v) is 6.65. The zero-order chi connectivity index (χ0) is 18.3. The van der Waals surface area contributed by atoms with Gasteiger partial charge >= 0.3 is 0 Å². The highest BCUT2D eigenvalue weighted by atomic mass is 19.2. The van der Waals surface area contributed by atoms with Gasteiger partial charge in [-0.15, -0.1) is 0 Å². The highest BCUT2D eigenvalue weighted by Gasteiger charge is 2.40. The molecule has 2 aliphatic rings. The van der Waals surface area contributed by atoms with E-state index in [1.807, 2.05) is 12.3 Å². The Balaban J connectivity index is 1.45. The summed E-state index contributed by atoms with van der Waals surface area (Å²) in [6, 6.07) is 4.53. The van der Waals surface area contributed by atoms with E-state index in [0.717, 1.165) is 0 Å². The number of hydrogen-bond donors (Lipinski definition) is 0. The summed E-state index contributed by atoms with van der Waals surface area (Å²) in [5.74, 6) is -2.65.